The molecule has 0 unspecified atom stereocenters. The Kier molecular flexibility index (Phi) is 6.30. The molecule has 0 atom stereocenters. The third-order valence-corrected chi connectivity index (χ3v) is 4.46. The lowest BCUT2D eigenvalue weighted by Gasteiger charge is -2.36. The summed E-state index contributed by atoms with van der Waals surface area (Å²) in [6, 6.07) is 5.67. The van der Waals surface area contributed by atoms with E-state index in [9.17, 15) is 0 Å². The number of piperazine rings is 1. The Labute approximate surface area is 141 Å². The molecule has 0 amide bonds. The number of nitrogens with one attached hydrogen (secondary N) is 1. The van der Waals surface area contributed by atoms with Crippen LogP contribution in [0.3, 0.4) is 0 Å². The van der Waals surface area contributed by atoms with Gasteiger partial charge in [-0.1, -0.05) is 35.3 Å². The van der Waals surface area contributed by atoms with Crippen LogP contribution in [0.5, 0.6) is 0 Å². The fraction of sp³-hybridized carbons (Fsp3) is 0.400. The quantitative estimate of drug-likeness (QED) is 0.668. The number of hydrogen-bond acceptors (Lipinski definition) is 2. The number of halogens is 2. The highest BCUT2D eigenvalue weighted by Gasteiger charge is 2.19. The highest BCUT2D eigenvalue weighted by molar-refractivity contribution is 7.80. The lowest BCUT2D eigenvalue weighted by molar-refractivity contribution is 0.175. The van der Waals surface area contributed by atoms with Crippen molar-refractivity contribution in [1.82, 2.24) is 15.1 Å². The van der Waals surface area contributed by atoms with Gasteiger partial charge in [0.1, 0.15) is 0 Å². The van der Waals surface area contributed by atoms with E-state index in [4.69, 9.17) is 35.4 Å². The zero-order valence-corrected chi connectivity index (χ0v) is 14.1. The molecule has 2 rings (SSSR count). The van der Waals surface area contributed by atoms with Gasteiger partial charge in [0.15, 0.2) is 5.11 Å². The van der Waals surface area contributed by atoms with Crippen LogP contribution >= 0.6 is 35.4 Å². The maximum Gasteiger partial charge on any atom is 0.169 e. The van der Waals surface area contributed by atoms with E-state index in [0.717, 1.165) is 48.4 Å². The van der Waals surface area contributed by atoms with Crippen molar-refractivity contribution >= 4 is 40.5 Å². The molecule has 3 nitrogen and oxygen atoms in total. The molecule has 6 heteroatoms. The third-order valence-electron chi connectivity index (χ3n) is 3.47. The Hall–Kier alpha value is -0.810. The Bertz CT molecular complexity index is 514. The average molecular weight is 344 g/mol. The third kappa shape index (κ3) is 4.85. The number of benzene rings is 1. The van der Waals surface area contributed by atoms with Crippen LogP contribution in [0.2, 0.25) is 10.0 Å². The van der Waals surface area contributed by atoms with Gasteiger partial charge in [0.2, 0.25) is 0 Å². The fourth-order valence-corrected chi connectivity index (χ4v) is 3.01. The van der Waals surface area contributed by atoms with Crippen molar-refractivity contribution in [2.24, 2.45) is 0 Å². The summed E-state index contributed by atoms with van der Waals surface area (Å²) in [6.07, 6.45) is 1.81. The molecule has 1 heterocycles. The van der Waals surface area contributed by atoms with Crippen LogP contribution in [0.25, 0.3) is 0 Å². The molecule has 0 bridgehead atoms. The first-order valence-electron chi connectivity index (χ1n) is 6.90. The maximum atomic E-state index is 6.22. The molecule has 21 heavy (non-hydrogen) atoms. The molecular formula is C15H19Cl2N3S. The lowest BCUT2D eigenvalue weighted by Crippen LogP contribution is -2.51. The van der Waals surface area contributed by atoms with Gasteiger partial charge in [-0.05, 0) is 29.9 Å². The first-order valence-corrected chi connectivity index (χ1v) is 8.06. The first-order chi connectivity index (χ1) is 10.1. The van der Waals surface area contributed by atoms with Crippen molar-refractivity contribution in [3.05, 3.63) is 46.5 Å². The van der Waals surface area contributed by atoms with Gasteiger partial charge >= 0.3 is 0 Å². The summed E-state index contributed by atoms with van der Waals surface area (Å²) in [5, 5.41) is 5.37. The molecule has 0 saturated carbocycles. The fourth-order valence-electron chi connectivity index (χ4n) is 2.27. The van der Waals surface area contributed by atoms with Crippen molar-refractivity contribution in [1.29, 1.82) is 0 Å². The maximum absolute atomic E-state index is 6.22. The molecule has 1 saturated heterocycles. The average Bonchev–Trinajstić information content (AvgIpc) is 2.48. The highest BCUT2D eigenvalue weighted by atomic mass is 35.5. The zero-order chi connectivity index (χ0) is 15.2. The minimum Gasteiger partial charge on any atom is -0.359 e. The van der Waals surface area contributed by atoms with Gasteiger partial charge in [-0.3, -0.25) is 4.90 Å². The standard InChI is InChI=1S/C15H19Cl2N3S/c1-2-5-18-15(21)20-8-6-19(7-9-20)11-12-3-4-13(16)10-14(12)17/h2-4,10H,1,5-9,11H2,(H,18,21). The van der Waals surface area contributed by atoms with Crippen molar-refractivity contribution in [3.63, 3.8) is 0 Å². The summed E-state index contributed by atoms with van der Waals surface area (Å²) >= 11 is 17.5. The van der Waals surface area contributed by atoms with Crippen molar-refractivity contribution in [2.75, 3.05) is 32.7 Å². The number of thiocarbonyl (C=S) groups is 1. The Morgan fingerprint density at radius 1 is 1.29 bits per heavy atom. The molecule has 1 aliphatic heterocycles. The summed E-state index contributed by atoms with van der Waals surface area (Å²) in [6.45, 7) is 9.02. The predicted molar refractivity (Wildman–Crippen MR) is 94.1 cm³/mol. The van der Waals surface area contributed by atoms with E-state index in [0.29, 0.717) is 11.6 Å². The molecule has 1 aliphatic rings. The number of rotatable bonds is 4. The lowest BCUT2D eigenvalue weighted by atomic mass is 10.2. The molecule has 0 aliphatic carbocycles. The molecule has 1 fully saturated rings. The normalized spacial score (nSPS) is 15.8. The van der Waals surface area contributed by atoms with Gasteiger partial charge < -0.3 is 10.2 Å². The van der Waals surface area contributed by atoms with E-state index in [1.165, 1.54) is 0 Å². The Morgan fingerprint density at radius 2 is 2.00 bits per heavy atom. The van der Waals surface area contributed by atoms with Gasteiger partial charge in [-0.25, -0.2) is 0 Å². The van der Waals surface area contributed by atoms with Crippen LogP contribution < -0.4 is 5.32 Å². The summed E-state index contributed by atoms with van der Waals surface area (Å²) in [5.41, 5.74) is 1.11. The van der Waals surface area contributed by atoms with Gasteiger partial charge in [0.05, 0.1) is 0 Å². The second kappa shape index (κ2) is 7.99. The predicted octanol–water partition coefficient (Wildman–Crippen LogP) is 3.17. The van der Waals surface area contributed by atoms with E-state index in [1.54, 1.807) is 6.07 Å². The van der Waals surface area contributed by atoms with Crippen LogP contribution in [0, 0.1) is 0 Å². The Balaban J connectivity index is 1.84. The van der Waals surface area contributed by atoms with Crippen LogP contribution in [0.1, 0.15) is 5.56 Å². The summed E-state index contributed by atoms with van der Waals surface area (Å²) < 4.78 is 0. The van der Waals surface area contributed by atoms with E-state index in [1.807, 2.05) is 18.2 Å². The van der Waals surface area contributed by atoms with Gasteiger partial charge in [-0.15, -0.1) is 6.58 Å². The van der Waals surface area contributed by atoms with Crippen LogP contribution in [-0.2, 0) is 6.54 Å². The number of hydrogen-bond donors (Lipinski definition) is 1. The zero-order valence-electron chi connectivity index (χ0n) is 11.8. The van der Waals surface area contributed by atoms with E-state index in [-0.39, 0.29) is 0 Å². The molecule has 1 N–H and O–H groups in total. The number of nitrogens with zero attached hydrogens (tertiary/aromatic N) is 2. The van der Waals surface area contributed by atoms with E-state index < -0.39 is 0 Å². The molecule has 114 valence electrons. The first kappa shape index (κ1) is 16.6. The molecule has 0 radical (unpaired) electrons. The van der Waals surface area contributed by atoms with Crippen molar-refractivity contribution in [2.45, 2.75) is 6.54 Å². The largest absolute Gasteiger partial charge is 0.359 e. The van der Waals surface area contributed by atoms with E-state index >= 15 is 0 Å². The SMILES string of the molecule is C=CCNC(=S)N1CCN(Cc2ccc(Cl)cc2Cl)CC1. The van der Waals surface area contributed by atoms with Crippen molar-refractivity contribution < 1.29 is 0 Å². The van der Waals surface area contributed by atoms with E-state index in [2.05, 4.69) is 21.7 Å². The highest BCUT2D eigenvalue weighted by Crippen LogP contribution is 2.22. The topological polar surface area (TPSA) is 18.5 Å². The molecule has 0 aromatic heterocycles. The molecular weight excluding hydrogens is 325 g/mol. The summed E-state index contributed by atoms with van der Waals surface area (Å²) in [4.78, 5) is 4.57. The smallest absolute Gasteiger partial charge is 0.169 e. The second-order valence-corrected chi connectivity index (χ2v) is 6.20. The monoisotopic (exact) mass is 343 g/mol. The van der Waals surface area contributed by atoms with Crippen LogP contribution in [-0.4, -0.2) is 47.6 Å². The second-order valence-electron chi connectivity index (χ2n) is 4.97. The van der Waals surface area contributed by atoms with Gasteiger partial charge in [0, 0.05) is 49.3 Å². The molecule has 1 aromatic carbocycles. The summed E-state index contributed by atoms with van der Waals surface area (Å²) in [7, 11) is 0. The minimum atomic E-state index is 0.673. The van der Waals surface area contributed by atoms with Crippen LogP contribution in [0.15, 0.2) is 30.9 Å². The molecule has 1 aromatic rings. The van der Waals surface area contributed by atoms with Crippen molar-refractivity contribution in [3.8, 4) is 0 Å². The van der Waals surface area contributed by atoms with Crippen LogP contribution in [0.4, 0.5) is 0 Å². The molecule has 0 spiro atoms. The summed E-state index contributed by atoms with van der Waals surface area (Å²) in [5.74, 6) is 0. The van der Waals surface area contributed by atoms with Gasteiger partial charge in [0.25, 0.3) is 0 Å². The van der Waals surface area contributed by atoms with Gasteiger partial charge in [-0.2, -0.15) is 0 Å². The Morgan fingerprint density at radius 3 is 2.62 bits per heavy atom. The minimum absolute atomic E-state index is 0.673.